The van der Waals surface area contributed by atoms with E-state index in [0.717, 1.165) is 64.4 Å². The third kappa shape index (κ3) is 4.16. The first kappa shape index (κ1) is 16.5. The summed E-state index contributed by atoms with van der Waals surface area (Å²) < 4.78 is 5.37. The summed E-state index contributed by atoms with van der Waals surface area (Å²) in [6.07, 6.45) is 6.63. The summed E-state index contributed by atoms with van der Waals surface area (Å²) in [6.45, 7) is 4.39. The van der Waals surface area contributed by atoms with Crippen molar-refractivity contribution in [2.75, 3.05) is 26.3 Å². The van der Waals surface area contributed by atoms with Gasteiger partial charge in [-0.15, -0.1) is 11.3 Å². The Morgan fingerprint density at radius 2 is 2.12 bits per heavy atom. The highest BCUT2D eigenvalue weighted by atomic mass is 32.1. The minimum absolute atomic E-state index is 0.128. The van der Waals surface area contributed by atoms with Crippen molar-refractivity contribution in [1.29, 1.82) is 0 Å². The molecule has 24 heavy (non-hydrogen) atoms. The molecule has 0 spiro atoms. The molecule has 1 aromatic heterocycles. The fraction of sp³-hybridized carbons (Fsp3) is 0.778. The highest BCUT2D eigenvalue weighted by Crippen LogP contribution is 2.41. The van der Waals surface area contributed by atoms with Crippen LogP contribution in [0.25, 0.3) is 0 Å². The largest absolute Gasteiger partial charge is 0.381 e. The molecule has 1 N–H and O–H groups in total. The van der Waals surface area contributed by atoms with Gasteiger partial charge in [0, 0.05) is 43.6 Å². The van der Waals surface area contributed by atoms with Crippen molar-refractivity contribution in [1.82, 2.24) is 15.2 Å². The van der Waals surface area contributed by atoms with Crippen molar-refractivity contribution < 1.29 is 9.53 Å². The van der Waals surface area contributed by atoms with Gasteiger partial charge in [-0.3, -0.25) is 9.69 Å². The molecule has 1 aliphatic carbocycles. The van der Waals surface area contributed by atoms with Crippen LogP contribution in [0.1, 0.15) is 55.1 Å². The van der Waals surface area contributed by atoms with Crippen molar-refractivity contribution in [3.8, 4) is 0 Å². The molecule has 6 heteroatoms. The number of carbonyl (C=O) groups excluding carboxylic acids is 1. The van der Waals surface area contributed by atoms with Gasteiger partial charge in [0.1, 0.15) is 0 Å². The lowest BCUT2D eigenvalue weighted by atomic mass is 9.96. The quantitative estimate of drug-likeness (QED) is 0.887. The third-order valence-electron chi connectivity index (χ3n) is 5.33. The van der Waals surface area contributed by atoms with E-state index >= 15 is 0 Å². The van der Waals surface area contributed by atoms with Gasteiger partial charge < -0.3 is 10.1 Å². The number of nitrogens with zero attached hydrogens (tertiary/aromatic N) is 2. The van der Waals surface area contributed by atoms with E-state index in [1.54, 1.807) is 0 Å². The lowest BCUT2D eigenvalue weighted by molar-refractivity contribution is -0.128. The van der Waals surface area contributed by atoms with Crippen LogP contribution in [0.4, 0.5) is 0 Å². The van der Waals surface area contributed by atoms with Crippen LogP contribution >= 0.6 is 11.3 Å². The molecule has 1 saturated carbocycles. The molecule has 132 valence electrons. The van der Waals surface area contributed by atoms with Gasteiger partial charge in [-0.25, -0.2) is 4.98 Å². The number of hydrogen-bond donors (Lipinski definition) is 1. The van der Waals surface area contributed by atoms with Crippen molar-refractivity contribution in [2.24, 2.45) is 5.92 Å². The topological polar surface area (TPSA) is 54.5 Å². The van der Waals surface area contributed by atoms with Crippen molar-refractivity contribution in [2.45, 2.75) is 57.0 Å². The Bertz CT molecular complexity index is 566. The van der Waals surface area contributed by atoms with Gasteiger partial charge in [0.15, 0.2) is 0 Å². The van der Waals surface area contributed by atoms with Crippen LogP contribution in [0.15, 0.2) is 5.38 Å². The van der Waals surface area contributed by atoms with Crippen LogP contribution < -0.4 is 5.32 Å². The number of likely N-dealkylation sites (tertiary alicyclic amines) is 1. The van der Waals surface area contributed by atoms with Crippen LogP contribution in [0.5, 0.6) is 0 Å². The van der Waals surface area contributed by atoms with Crippen molar-refractivity contribution in [3.63, 3.8) is 0 Å². The molecular formula is C18H27N3O2S. The molecule has 0 aromatic carbocycles. The second-order valence-electron chi connectivity index (χ2n) is 7.42. The van der Waals surface area contributed by atoms with Crippen LogP contribution in [0.3, 0.4) is 0 Å². The molecule has 1 atom stereocenters. The summed E-state index contributed by atoms with van der Waals surface area (Å²) in [6, 6.07) is 0.307. The molecule has 3 aliphatic rings. The lowest BCUT2D eigenvalue weighted by Gasteiger charge is -2.33. The Balaban J connectivity index is 1.28. The molecule has 0 bridgehead atoms. The summed E-state index contributed by atoms with van der Waals surface area (Å²) in [5.74, 6) is 1.11. The van der Waals surface area contributed by atoms with Gasteiger partial charge in [0.2, 0.25) is 5.91 Å². The van der Waals surface area contributed by atoms with Gasteiger partial charge in [-0.2, -0.15) is 0 Å². The van der Waals surface area contributed by atoms with Gasteiger partial charge in [-0.1, -0.05) is 0 Å². The first-order valence-electron chi connectivity index (χ1n) is 9.32. The number of amides is 1. The zero-order valence-corrected chi connectivity index (χ0v) is 15.0. The summed E-state index contributed by atoms with van der Waals surface area (Å²) in [5, 5.41) is 6.76. The number of rotatable bonds is 5. The number of ether oxygens (including phenoxy) is 1. The van der Waals surface area contributed by atoms with Crippen molar-refractivity contribution in [3.05, 3.63) is 16.1 Å². The van der Waals surface area contributed by atoms with Gasteiger partial charge >= 0.3 is 0 Å². The van der Waals surface area contributed by atoms with E-state index in [1.165, 1.54) is 23.5 Å². The monoisotopic (exact) mass is 349 g/mol. The highest BCUT2D eigenvalue weighted by Gasteiger charge is 2.29. The summed E-state index contributed by atoms with van der Waals surface area (Å²) >= 11 is 1.81. The standard InChI is InChI=1S/C18H27N3O2S/c22-17(19-15-5-8-23-9-6-15)14-2-1-7-21(10-14)11-16-12-24-18(20-16)13-3-4-13/h12-15H,1-11H2,(H,19,22). The maximum atomic E-state index is 12.6. The Kier molecular flexibility index (Phi) is 5.15. The second-order valence-corrected chi connectivity index (χ2v) is 8.31. The molecule has 3 fully saturated rings. The Morgan fingerprint density at radius 3 is 2.92 bits per heavy atom. The maximum Gasteiger partial charge on any atom is 0.224 e. The SMILES string of the molecule is O=C(NC1CCOCC1)C1CCCN(Cc2csc(C3CC3)n2)C1. The number of carbonyl (C=O) groups is 1. The summed E-state index contributed by atoms with van der Waals surface area (Å²) in [4.78, 5) is 19.8. The smallest absolute Gasteiger partial charge is 0.224 e. The van der Waals surface area contributed by atoms with Crippen LogP contribution in [0, 0.1) is 5.92 Å². The molecule has 2 aliphatic heterocycles. The Morgan fingerprint density at radius 1 is 1.29 bits per heavy atom. The van der Waals surface area contributed by atoms with E-state index < -0.39 is 0 Å². The number of nitrogens with one attached hydrogen (secondary N) is 1. The van der Waals surface area contributed by atoms with Crippen LogP contribution in [0.2, 0.25) is 0 Å². The zero-order valence-electron chi connectivity index (χ0n) is 14.2. The third-order valence-corrected chi connectivity index (χ3v) is 6.38. The molecule has 5 nitrogen and oxygen atoms in total. The van der Waals surface area contributed by atoms with Gasteiger partial charge in [0.25, 0.3) is 0 Å². The normalized spacial score (nSPS) is 26.4. The van der Waals surface area contributed by atoms with Gasteiger partial charge in [-0.05, 0) is 45.1 Å². The second kappa shape index (κ2) is 7.50. The first-order valence-corrected chi connectivity index (χ1v) is 10.2. The molecule has 1 amide bonds. The van der Waals surface area contributed by atoms with Crippen LogP contribution in [-0.4, -0.2) is 48.1 Å². The lowest BCUT2D eigenvalue weighted by Crippen LogP contribution is -2.47. The van der Waals surface area contributed by atoms with E-state index in [9.17, 15) is 4.79 Å². The molecule has 3 heterocycles. The average molecular weight is 350 g/mol. The average Bonchev–Trinajstić information content (AvgIpc) is 3.36. The van der Waals surface area contributed by atoms with E-state index in [1.807, 2.05) is 11.3 Å². The summed E-state index contributed by atoms with van der Waals surface area (Å²) in [5.41, 5.74) is 1.19. The Labute approximate surface area is 147 Å². The van der Waals surface area contributed by atoms with Gasteiger partial charge in [0.05, 0.1) is 16.6 Å². The predicted octanol–water partition coefficient (Wildman–Crippen LogP) is 2.53. The van der Waals surface area contributed by atoms with Crippen molar-refractivity contribution >= 4 is 17.2 Å². The van der Waals surface area contributed by atoms with E-state index in [4.69, 9.17) is 9.72 Å². The molecule has 1 unspecified atom stereocenters. The molecular weight excluding hydrogens is 322 g/mol. The molecule has 4 rings (SSSR count). The Hall–Kier alpha value is -0.980. The summed E-state index contributed by atoms with van der Waals surface area (Å²) in [7, 11) is 0. The number of aromatic nitrogens is 1. The molecule has 1 aromatic rings. The first-order chi connectivity index (χ1) is 11.8. The van der Waals surface area contributed by atoms with Crippen LogP contribution in [-0.2, 0) is 16.1 Å². The fourth-order valence-electron chi connectivity index (χ4n) is 3.72. The minimum Gasteiger partial charge on any atom is -0.381 e. The number of thiazole rings is 1. The van der Waals surface area contributed by atoms with E-state index in [0.29, 0.717) is 6.04 Å². The number of piperidine rings is 1. The molecule has 2 saturated heterocycles. The predicted molar refractivity (Wildman–Crippen MR) is 94.1 cm³/mol. The van der Waals surface area contributed by atoms with E-state index in [-0.39, 0.29) is 11.8 Å². The van der Waals surface area contributed by atoms with E-state index in [2.05, 4.69) is 15.6 Å². The highest BCUT2D eigenvalue weighted by molar-refractivity contribution is 7.09. The zero-order chi connectivity index (χ0) is 16.4. The maximum absolute atomic E-state index is 12.6. The fourth-order valence-corrected chi connectivity index (χ4v) is 4.70. The molecule has 0 radical (unpaired) electrons. The minimum atomic E-state index is 0.128. The number of hydrogen-bond acceptors (Lipinski definition) is 5.